The number of para-hydroxylation sites is 1. The Morgan fingerprint density at radius 3 is 2.57 bits per heavy atom. The molecule has 0 bridgehead atoms. The third-order valence-corrected chi connectivity index (χ3v) is 9.73. The van der Waals surface area contributed by atoms with Crippen LogP contribution in [0.3, 0.4) is 0 Å². The van der Waals surface area contributed by atoms with Crippen LogP contribution in [0.15, 0.2) is 70.1 Å². The van der Waals surface area contributed by atoms with Gasteiger partial charge in [0, 0.05) is 30.6 Å². The lowest BCUT2D eigenvalue weighted by atomic mass is 9.81. The number of amides is 2. The van der Waals surface area contributed by atoms with Gasteiger partial charge in [-0.15, -0.1) is 0 Å². The predicted octanol–water partition coefficient (Wildman–Crippen LogP) is 6.27. The number of allylic oxidation sites excluding steroid dienone is 1. The van der Waals surface area contributed by atoms with Crippen LogP contribution in [-0.2, 0) is 22.7 Å². The van der Waals surface area contributed by atoms with Crippen LogP contribution in [0.2, 0.25) is 5.02 Å². The van der Waals surface area contributed by atoms with E-state index in [-0.39, 0.29) is 35.0 Å². The summed E-state index contributed by atoms with van der Waals surface area (Å²) in [5, 5.41) is 7.88. The summed E-state index contributed by atoms with van der Waals surface area (Å²) in [4.78, 5) is 43.9. The summed E-state index contributed by atoms with van der Waals surface area (Å²) in [6, 6.07) is 14.9. The first kappa shape index (κ1) is 30.4. The van der Waals surface area contributed by atoms with E-state index in [0.29, 0.717) is 40.7 Å². The van der Waals surface area contributed by atoms with E-state index in [1.54, 1.807) is 4.57 Å². The topological polar surface area (TPSA) is 93.1 Å². The first-order valence-corrected chi connectivity index (χ1v) is 16.4. The molecule has 42 heavy (non-hydrogen) atoms. The minimum atomic E-state index is -0.0765. The van der Waals surface area contributed by atoms with Crippen molar-refractivity contribution in [3.05, 3.63) is 81.1 Å². The number of aromatic nitrogens is 2. The van der Waals surface area contributed by atoms with Crippen LogP contribution in [0.5, 0.6) is 0 Å². The Bertz CT molecular complexity index is 1500. The van der Waals surface area contributed by atoms with Gasteiger partial charge in [0.15, 0.2) is 5.16 Å². The van der Waals surface area contributed by atoms with E-state index in [0.717, 1.165) is 50.5 Å². The summed E-state index contributed by atoms with van der Waals surface area (Å²) in [5.41, 5.74) is 2.91. The summed E-state index contributed by atoms with van der Waals surface area (Å²) >= 11 is 7.55. The van der Waals surface area contributed by atoms with Crippen LogP contribution in [0.25, 0.3) is 10.9 Å². The number of hydrogen-bond acceptors (Lipinski definition) is 5. The number of nitrogens with zero attached hydrogens (tertiary/aromatic N) is 2. The smallest absolute Gasteiger partial charge is 0.262 e. The van der Waals surface area contributed by atoms with Crippen LogP contribution in [0.4, 0.5) is 0 Å². The molecular weight excluding hydrogens is 568 g/mol. The van der Waals surface area contributed by atoms with Crippen molar-refractivity contribution in [1.29, 1.82) is 0 Å². The molecule has 1 heterocycles. The Labute approximate surface area is 256 Å². The molecule has 2 N–H and O–H groups in total. The van der Waals surface area contributed by atoms with Gasteiger partial charge >= 0.3 is 0 Å². The normalized spacial score (nSPS) is 18.8. The molecule has 2 aromatic carbocycles. The van der Waals surface area contributed by atoms with Crippen molar-refractivity contribution in [1.82, 2.24) is 20.2 Å². The van der Waals surface area contributed by atoms with E-state index >= 15 is 0 Å². The summed E-state index contributed by atoms with van der Waals surface area (Å²) in [6.07, 6.45) is 11.2. The molecule has 5 rings (SSSR count). The number of carbonyl (C=O) groups excluding carboxylic acids is 2. The van der Waals surface area contributed by atoms with Crippen LogP contribution in [0.1, 0.15) is 63.4 Å². The average molecular weight is 607 g/mol. The van der Waals surface area contributed by atoms with Crippen molar-refractivity contribution in [2.75, 3.05) is 12.3 Å². The monoisotopic (exact) mass is 606 g/mol. The molecule has 2 aliphatic carbocycles. The molecule has 0 spiro atoms. The molecule has 9 heteroatoms. The van der Waals surface area contributed by atoms with E-state index in [4.69, 9.17) is 16.6 Å². The van der Waals surface area contributed by atoms with Gasteiger partial charge in [0.05, 0.1) is 16.7 Å². The van der Waals surface area contributed by atoms with Gasteiger partial charge in [-0.1, -0.05) is 65.3 Å². The number of thioether (sulfide) groups is 1. The van der Waals surface area contributed by atoms with E-state index in [9.17, 15) is 14.4 Å². The highest BCUT2D eigenvalue weighted by Gasteiger charge is 2.27. The second-order valence-electron chi connectivity index (χ2n) is 11.4. The first-order chi connectivity index (χ1) is 20.5. The maximum atomic E-state index is 13.6. The van der Waals surface area contributed by atoms with Crippen molar-refractivity contribution in [2.45, 2.75) is 76.0 Å². The van der Waals surface area contributed by atoms with Gasteiger partial charge in [0.2, 0.25) is 11.8 Å². The van der Waals surface area contributed by atoms with Crippen LogP contribution in [0, 0.1) is 11.8 Å². The molecule has 0 radical (unpaired) electrons. The number of halogens is 1. The van der Waals surface area contributed by atoms with Crippen LogP contribution in [-0.4, -0.2) is 33.7 Å². The lowest BCUT2D eigenvalue weighted by Gasteiger charge is -2.28. The zero-order chi connectivity index (χ0) is 29.3. The van der Waals surface area contributed by atoms with E-state index in [1.807, 2.05) is 48.5 Å². The zero-order valence-corrected chi connectivity index (χ0v) is 25.5. The molecule has 3 aromatic rings. The van der Waals surface area contributed by atoms with Gasteiger partial charge in [-0.2, -0.15) is 0 Å². The van der Waals surface area contributed by atoms with Crippen molar-refractivity contribution in [3.63, 3.8) is 0 Å². The number of benzene rings is 2. The fourth-order valence-electron chi connectivity index (χ4n) is 5.93. The highest BCUT2D eigenvalue weighted by Crippen LogP contribution is 2.31. The largest absolute Gasteiger partial charge is 0.355 e. The minimum absolute atomic E-state index is 0.0443. The Morgan fingerprint density at radius 1 is 1.00 bits per heavy atom. The lowest BCUT2D eigenvalue weighted by Crippen LogP contribution is -2.34. The van der Waals surface area contributed by atoms with Crippen molar-refractivity contribution < 1.29 is 9.59 Å². The van der Waals surface area contributed by atoms with Gasteiger partial charge in [0.1, 0.15) is 0 Å². The second kappa shape index (κ2) is 14.9. The molecular formula is C33H39ClN4O3S. The highest BCUT2D eigenvalue weighted by atomic mass is 35.5. The molecule has 1 aromatic heterocycles. The SMILES string of the molecule is O=C(CSc1nc2ccccc2c(=O)n1CC1CCC(C(=O)NCc2ccccc2Cl)CC1)NCCC1=CCCCC1. The summed E-state index contributed by atoms with van der Waals surface area (Å²) < 4.78 is 1.75. The van der Waals surface area contributed by atoms with Gasteiger partial charge in [0.25, 0.3) is 5.56 Å². The molecule has 1 fully saturated rings. The van der Waals surface area contributed by atoms with Gasteiger partial charge < -0.3 is 10.6 Å². The van der Waals surface area contributed by atoms with Crippen molar-refractivity contribution >= 4 is 46.1 Å². The molecule has 7 nitrogen and oxygen atoms in total. The zero-order valence-electron chi connectivity index (χ0n) is 23.9. The summed E-state index contributed by atoms with van der Waals surface area (Å²) in [6.45, 7) is 1.59. The quantitative estimate of drug-likeness (QED) is 0.152. The predicted molar refractivity (Wildman–Crippen MR) is 170 cm³/mol. The average Bonchev–Trinajstić information content (AvgIpc) is 3.02. The van der Waals surface area contributed by atoms with Crippen molar-refractivity contribution in [2.24, 2.45) is 11.8 Å². The summed E-state index contributed by atoms with van der Waals surface area (Å²) in [7, 11) is 0. The standard InChI is InChI=1S/C33H39ClN4O3S/c34-28-12-6-4-10-26(28)20-36-31(40)25-16-14-24(15-17-25)21-38-32(41)27-11-5-7-13-29(27)37-33(38)42-22-30(39)35-19-18-23-8-2-1-3-9-23/h4-8,10-13,24-25H,1-3,9,14-22H2,(H,35,39)(H,36,40). The fraction of sp³-hybridized carbons (Fsp3) is 0.455. The Kier molecular flexibility index (Phi) is 10.8. The maximum Gasteiger partial charge on any atom is 0.262 e. The minimum Gasteiger partial charge on any atom is -0.355 e. The fourth-order valence-corrected chi connectivity index (χ4v) is 6.97. The molecule has 222 valence electrons. The molecule has 0 aliphatic heterocycles. The molecule has 1 saturated carbocycles. The maximum absolute atomic E-state index is 13.6. The lowest BCUT2D eigenvalue weighted by molar-refractivity contribution is -0.126. The third-order valence-electron chi connectivity index (χ3n) is 8.38. The number of fused-ring (bicyclic) bond motifs is 1. The van der Waals surface area contributed by atoms with Crippen LogP contribution >= 0.6 is 23.4 Å². The Hall–Kier alpha value is -3.10. The first-order valence-electron chi connectivity index (χ1n) is 15.1. The van der Waals surface area contributed by atoms with E-state index < -0.39 is 0 Å². The van der Waals surface area contributed by atoms with E-state index in [2.05, 4.69) is 16.7 Å². The molecule has 2 aliphatic rings. The van der Waals surface area contributed by atoms with Crippen molar-refractivity contribution in [3.8, 4) is 0 Å². The van der Waals surface area contributed by atoms with E-state index in [1.165, 1.54) is 30.2 Å². The molecule has 0 saturated heterocycles. The number of hydrogen-bond donors (Lipinski definition) is 2. The second-order valence-corrected chi connectivity index (χ2v) is 12.7. The van der Waals surface area contributed by atoms with Gasteiger partial charge in [-0.3, -0.25) is 19.0 Å². The Balaban J connectivity index is 1.18. The van der Waals surface area contributed by atoms with Gasteiger partial charge in [-0.05, 0) is 87.5 Å². The molecule has 0 atom stereocenters. The molecule has 0 unspecified atom stereocenters. The van der Waals surface area contributed by atoms with Gasteiger partial charge in [-0.25, -0.2) is 4.98 Å². The number of rotatable bonds is 11. The van der Waals surface area contributed by atoms with Crippen LogP contribution < -0.4 is 16.2 Å². The Morgan fingerprint density at radius 2 is 1.79 bits per heavy atom. The number of nitrogens with one attached hydrogen (secondary N) is 2. The number of carbonyl (C=O) groups is 2. The summed E-state index contributed by atoms with van der Waals surface area (Å²) in [5.74, 6) is 0.434. The highest BCUT2D eigenvalue weighted by molar-refractivity contribution is 7.99. The third kappa shape index (κ3) is 8.04. The molecule has 2 amide bonds.